The Hall–Kier alpha value is -1.55. The molecule has 0 bridgehead atoms. The lowest BCUT2D eigenvalue weighted by atomic mass is 9.77. The molecule has 1 aliphatic heterocycles. The molecule has 1 saturated carbocycles. The molecule has 1 saturated heterocycles. The average Bonchev–Trinajstić information content (AvgIpc) is 2.69. The molecule has 0 atom stereocenters. The molecule has 2 fully saturated rings. The fourth-order valence-corrected chi connectivity index (χ4v) is 3.41. The number of nitrogens with zero attached hydrogens (tertiary/aromatic N) is 1. The van der Waals surface area contributed by atoms with Crippen molar-refractivity contribution in [2.24, 2.45) is 5.92 Å². The second kappa shape index (κ2) is 5.34. The number of amides is 3. The molecule has 1 spiro atoms. The quantitative estimate of drug-likeness (QED) is 0.852. The van der Waals surface area contributed by atoms with E-state index in [1.54, 1.807) is 6.07 Å². The number of nitrogens with one attached hydrogen (secondary N) is 1. The van der Waals surface area contributed by atoms with Gasteiger partial charge in [0.1, 0.15) is 5.54 Å². The fourth-order valence-electron chi connectivity index (χ4n) is 3.21. The summed E-state index contributed by atoms with van der Waals surface area (Å²) in [5.74, 6) is 0.525. The number of hydrogen-bond donors (Lipinski definition) is 1. The van der Waals surface area contributed by atoms with Crippen LogP contribution in [0.5, 0.6) is 0 Å². The maximum absolute atomic E-state index is 12.7. The van der Waals surface area contributed by atoms with E-state index in [0.29, 0.717) is 10.9 Å². The number of urea groups is 1. The van der Waals surface area contributed by atoms with Crippen molar-refractivity contribution in [1.82, 2.24) is 10.2 Å². The molecule has 4 nitrogen and oxygen atoms in total. The van der Waals surface area contributed by atoms with Crippen molar-refractivity contribution in [3.63, 3.8) is 0 Å². The molecule has 1 N–H and O–H groups in total. The Morgan fingerprint density at radius 3 is 2.62 bits per heavy atom. The normalized spacial score (nSPS) is 29.0. The number of halogens is 1. The molecule has 21 heavy (non-hydrogen) atoms. The first kappa shape index (κ1) is 14.4. The predicted molar refractivity (Wildman–Crippen MR) is 80.9 cm³/mol. The van der Waals surface area contributed by atoms with E-state index in [9.17, 15) is 9.59 Å². The summed E-state index contributed by atoms with van der Waals surface area (Å²) in [7, 11) is 0. The van der Waals surface area contributed by atoms with Gasteiger partial charge in [-0.3, -0.25) is 9.69 Å². The Bertz CT molecular complexity index is 579. The second-order valence-corrected chi connectivity index (χ2v) is 6.58. The Morgan fingerprint density at radius 2 is 1.95 bits per heavy atom. The van der Waals surface area contributed by atoms with Crippen LogP contribution < -0.4 is 5.32 Å². The number of carbonyl (C=O) groups is 2. The topological polar surface area (TPSA) is 49.4 Å². The lowest BCUT2D eigenvalue weighted by Gasteiger charge is -2.33. The summed E-state index contributed by atoms with van der Waals surface area (Å²) in [4.78, 5) is 26.2. The minimum absolute atomic E-state index is 0.0979. The van der Waals surface area contributed by atoms with Gasteiger partial charge in [0.25, 0.3) is 5.91 Å². The second-order valence-electron chi connectivity index (χ2n) is 6.18. The molecule has 0 radical (unpaired) electrons. The third-order valence-electron chi connectivity index (χ3n) is 4.66. The maximum Gasteiger partial charge on any atom is 0.325 e. The maximum atomic E-state index is 12.7. The summed E-state index contributed by atoms with van der Waals surface area (Å²) in [6.45, 7) is 2.43. The van der Waals surface area contributed by atoms with Crippen molar-refractivity contribution < 1.29 is 9.59 Å². The number of hydrogen-bond acceptors (Lipinski definition) is 2. The Balaban J connectivity index is 1.80. The predicted octanol–water partition coefficient (Wildman–Crippen LogP) is 3.34. The molecule has 0 unspecified atom stereocenters. The molecule has 112 valence electrons. The van der Waals surface area contributed by atoms with Gasteiger partial charge in [-0.05, 0) is 43.2 Å². The Morgan fingerprint density at radius 1 is 1.29 bits per heavy atom. The van der Waals surface area contributed by atoms with Gasteiger partial charge in [0.05, 0.1) is 6.54 Å². The van der Waals surface area contributed by atoms with Crippen LogP contribution >= 0.6 is 11.6 Å². The largest absolute Gasteiger partial charge is 0.325 e. The molecule has 1 heterocycles. The van der Waals surface area contributed by atoms with E-state index >= 15 is 0 Å². The summed E-state index contributed by atoms with van der Waals surface area (Å²) in [6, 6.07) is 7.01. The monoisotopic (exact) mass is 306 g/mol. The highest BCUT2D eigenvalue weighted by Gasteiger charge is 2.51. The van der Waals surface area contributed by atoms with Crippen molar-refractivity contribution in [3.05, 3.63) is 34.9 Å². The van der Waals surface area contributed by atoms with E-state index in [0.717, 1.165) is 31.2 Å². The highest BCUT2D eigenvalue weighted by molar-refractivity contribution is 6.31. The van der Waals surface area contributed by atoms with Gasteiger partial charge in [0.2, 0.25) is 0 Å². The molecule has 3 rings (SSSR count). The van der Waals surface area contributed by atoms with Gasteiger partial charge in [-0.2, -0.15) is 0 Å². The minimum Gasteiger partial charge on any atom is -0.323 e. The van der Waals surface area contributed by atoms with Crippen molar-refractivity contribution in [3.8, 4) is 0 Å². The zero-order valence-corrected chi connectivity index (χ0v) is 12.8. The smallest absolute Gasteiger partial charge is 0.323 e. The van der Waals surface area contributed by atoms with Crippen LogP contribution in [0.15, 0.2) is 24.3 Å². The highest BCUT2D eigenvalue weighted by Crippen LogP contribution is 2.37. The van der Waals surface area contributed by atoms with Gasteiger partial charge in [-0.15, -0.1) is 0 Å². The molecule has 0 aromatic heterocycles. The van der Waals surface area contributed by atoms with Crippen LogP contribution in [0.25, 0.3) is 0 Å². The molecule has 2 aliphatic rings. The van der Waals surface area contributed by atoms with E-state index in [-0.39, 0.29) is 18.5 Å². The summed E-state index contributed by atoms with van der Waals surface area (Å²) >= 11 is 6.12. The number of benzene rings is 1. The van der Waals surface area contributed by atoms with Crippen LogP contribution in [0.2, 0.25) is 5.02 Å². The first-order chi connectivity index (χ1) is 10.0. The standard InChI is InChI=1S/C16H19ClN2O2/c1-11-6-8-16(9-7-11)14(20)19(15(21)18-16)10-12-4-2-3-5-13(12)17/h2-5,11H,6-10H2,1H3,(H,18,21). The molecule has 3 amide bonds. The number of rotatable bonds is 2. The van der Waals surface area contributed by atoms with E-state index in [4.69, 9.17) is 11.6 Å². The van der Waals surface area contributed by atoms with Gasteiger partial charge < -0.3 is 5.32 Å². The third kappa shape index (κ3) is 2.53. The van der Waals surface area contributed by atoms with E-state index in [1.165, 1.54) is 4.90 Å². The Kier molecular flexibility index (Phi) is 3.66. The fraction of sp³-hybridized carbons (Fsp3) is 0.500. The zero-order chi connectivity index (χ0) is 15.0. The van der Waals surface area contributed by atoms with E-state index in [2.05, 4.69) is 12.2 Å². The summed E-state index contributed by atoms with van der Waals surface area (Å²) in [5, 5.41) is 3.50. The van der Waals surface area contributed by atoms with Crippen LogP contribution in [-0.2, 0) is 11.3 Å². The van der Waals surface area contributed by atoms with Gasteiger partial charge in [0, 0.05) is 5.02 Å². The lowest BCUT2D eigenvalue weighted by molar-refractivity contribution is -0.133. The van der Waals surface area contributed by atoms with Crippen LogP contribution in [0.1, 0.15) is 38.2 Å². The van der Waals surface area contributed by atoms with E-state index < -0.39 is 5.54 Å². The molecular formula is C16H19ClN2O2. The lowest BCUT2D eigenvalue weighted by Crippen LogP contribution is -2.49. The van der Waals surface area contributed by atoms with Crippen LogP contribution in [0.4, 0.5) is 4.79 Å². The zero-order valence-electron chi connectivity index (χ0n) is 12.1. The van der Waals surface area contributed by atoms with Gasteiger partial charge >= 0.3 is 6.03 Å². The van der Waals surface area contributed by atoms with Crippen LogP contribution in [-0.4, -0.2) is 22.4 Å². The molecular weight excluding hydrogens is 288 g/mol. The molecule has 1 aliphatic carbocycles. The van der Waals surface area contributed by atoms with E-state index in [1.807, 2.05) is 18.2 Å². The summed E-state index contributed by atoms with van der Waals surface area (Å²) in [5.41, 5.74) is 0.120. The molecule has 1 aromatic rings. The van der Waals surface area contributed by atoms with Crippen molar-refractivity contribution in [2.45, 2.75) is 44.7 Å². The van der Waals surface area contributed by atoms with Gasteiger partial charge in [-0.25, -0.2) is 4.79 Å². The number of imide groups is 1. The Labute approximate surface area is 129 Å². The van der Waals surface area contributed by atoms with Crippen LogP contribution in [0, 0.1) is 5.92 Å². The number of carbonyl (C=O) groups excluding carboxylic acids is 2. The minimum atomic E-state index is -0.676. The van der Waals surface area contributed by atoms with Crippen LogP contribution in [0.3, 0.4) is 0 Å². The van der Waals surface area contributed by atoms with Crippen molar-refractivity contribution in [1.29, 1.82) is 0 Å². The third-order valence-corrected chi connectivity index (χ3v) is 5.03. The summed E-state index contributed by atoms with van der Waals surface area (Å²) in [6.07, 6.45) is 3.42. The van der Waals surface area contributed by atoms with Gasteiger partial charge in [0.15, 0.2) is 0 Å². The van der Waals surface area contributed by atoms with Crippen molar-refractivity contribution >= 4 is 23.5 Å². The highest BCUT2D eigenvalue weighted by atomic mass is 35.5. The SMILES string of the molecule is CC1CCC2(CC1)NC(=O)N(Cc1ccccc1Cl)C2=O. The van der Waals surface area contributed by atoms with Crippen molar-refractivity contribution in [2.75, 3.05) is 0 Å². The molecule has 1 aromatic carbocycles. The molecule has 5 heteroatoms. The first-order valence-corrected chi connectivity index (χ1v) is 7.77. The average molecular weight is 307 g/mol. The first-order valence-electron chi connectivity index (χ1n) is 7.39. The van der Waals surface area contributed by atoms with Gasteiger partial charge in [-0.1, -0.05) is 36.7 Å². The summed E-state index contributed by atoms with van der Waals surface area (Å²) < 4.78 is 0.